The molecule has 0 aliphatic heterocycles. The molecule has 0 nitrogen and oxygen atoms in total. The first-order valence-corrected chi connectivity index (χ1v) is 7.77. The fourth-order valence-electron chi connectivity index (χ4n) is 2.48. The van der Waals surface area contributed by atoms with E-state index in [2.05, 4.69) is 58.6 Å². The van der Waals surface area contributed by atoms with Gasteiger partial charge in [-0.2, -0.15) is 0 Å². The van der Waals surface area contributed by atoms with Crippen LogP contribution in [0.2, 0.25) is 0 Å². The van der Waals surface area contributed by atoms with Gasteiger partial charge in [-0.3, -0.25) is 0 Å². The second kappa shape index (κ2) is 13.0. The van der Waals surface area contributed by atoms with E-state index in [1.165, 1.54) is 48.8 Å². The van der Waals surface area contributed by atoms with Crippen LogP contribution in [0.5, 0.6) is 0 Å². The molecule has 0 saturated carbocycles. The summed E-state index contributed by atoms with van der Waals surface area (Å²) in [5.41, 5.74) is 3.95. The number of hydrogen-bond donors (Lipinski definition) is 0. The number of rotatable bonds is 9. The lowest BCUT2D eigenvalue weighted by Gasteiger charge is -2.22. The zero-order valence-electron chi connectivity index (χ0n) is 13.6. The molecular formula is C20H36. The molecule has 0 aromatic heterocycles. The average Bonchev–Trinajstić information content (AvgIpc) is 2.42. The molecule has 116 valence electrons. The van der Waals surface area contributed by atoms with Gasteiger partial charge in [-0.25, -0.2) is 0 Å². The maximum atomic E-state index is 4.32. The van der Waals surface area contributed by atoms with Crippen LogP contribution >= 0.6 is 0 Å². The van der Waals surface area contributed by atoms with Gasteiger partial charge >= 0.3 is 0 Å². The quantitative estimate of drug-likeness (QED) is 0.389. The van der Waals surface area contributed by atoms with Crippen molar-refractivity contribution >= 4 is 0 Å². The van der Waals surface area contributed by atoms with Gasteiger partial charge in [-0.1, -0.05) is 71.4 Å². The van der Waals surface area contributed by atoms with E-state index < -0.39 is 0 Å². The predicted octanol–water partition coefficient (Wildman–Crippen LogP) is 7.25. The predicted molar refractivity (Wildman–Crippen MR) is 96.1 cm³/mol. The Kier molecular flexibility index (Phi) is 13.8. The third-order valence-electron chi connectivity index (χ3n) is 3.66. The highest BCUT2D eigenvalue weighted by Crippen LogP contribution is 2.31. The van der Waals surface area contributed by atoms with E-state index in [1.54, 1.807) is 0 Å². The largest absolute Gasteiger partial charge is 0.0912 e. The van der Waals surface area contributed by atoms with Gasteiger partial charge in [0.25, 0.3) is 0 Å². The highest BCUT2D eigenvalue weighted by molar-refractivity contribution is 5.45. The first-order chi connectivity index (χ1) is 9.12. The summed E-state index contributed by atoms with van der Waals surface area (Å²) in [7, 11) is 0. The topological polar surface area (TPSA) is 0 Å². The Morgan fingerprint density at radius 2 is 1.75 bits per heavy atom. The van der Waals surface area contributed by atoms with Crippen molar-refractivity contribution in [2.24, 2.45) is 5.92 Å². The summed E-state index contributed by atoms with van der Waals surface area (Å²) in [4.78, 5) is 0. The van der Waals surface area contributed by atoms with Crippen LogP contribution in [-0.4, -0.2) is 0 Å². The molecule has 0 heterocycles. The minimum absolute atomic E-state index is 0. The lowest BCUT2D eigenvalue weighted by atomic mass is 9.83. The summed E-state index contributed by atoms with van der Waals surface area (Å²) in [6.45, 7) is 15.2. The first kappa shape index (κ1) is 21.3. The van der Waals surface area contributed by atoms with Crippen molar-refractivity contribution in [3.8, 4) is 0 Å². The Morgan fingerprint density at radius 3 is 2.20 bits per heavy atom. The number of unbranched alkanes of at least 4 members (excludes halogenated alkanes) is 1. The molecule has 0 aliphatic rings. The van der Waals surface area contributed by atoms with E-state index in [0.717, 1.165) is 0 Å². The molecule has 0 aromatic carbocycles. The summed E-state index contributed by atoms with van der Waals surface area (Å²) in [5, 5.41) is 0. The normalized spacial score (nSPS) is 14.2. The van der Waals surface area contributed by atoms with Crippen LogP contribution in [0.4, 0.5) is 0 Å². The highest BCUT2D eigenvalue weighted by Gasteiger charge is 2.15. The van der Waals surface area contributed by atoms with Crippen LogP contribution in [0.3, 0.4) is 0 Å². The SMILES string of the molecule is C.C=C(/C(C)=C\C=C/C)/C(=C\C)C(CCC)CCCC. The molecule has 0 rings (SSSR count). The maximum Gasteiger partial charge on any atom is -0.0160 e. The van der Waals surface area contributed by atoms with Crippen LogP contribution in [0.25, 0.3) is 0 Å². The molecule has 0 saturated heterocycles. The van der Waals surface area contributed by atoms with Crippen molar-refractivity contribution in [1.82, 2.24) is 0 Å². The number of allylic oxidation sites excluding steroid dienone is 7. The average molecular weight is 277 g/mol. The zero-order valence-corrected chi connectivity index (χ0v) is 13.6. The van der Waals surface area contributed by atoms with E-state index in [0.29, 0.717) is 5.92 Å². The van der Waals surface area contributed by atoms with Gasteiger partial charge in [0.2, 0.25) is 0 Å². The Bertz CT molecular complexity index is 339. The second-order valence-electron chi connectivity index (χ2n) is 5.23. The van der Waals surface area contributed by atoms with Gasteiger partial charge in [0.05, 0.1) is 0 Å². The Morgan fingerprint density at radius 1 is 1.10 bits per heavy atom. The second-order valence-corrected chi connectivity index (χ2v) is 5.23. The third-order valence-corrected chi connectivity index (χ3v) is 3.66. The monoisotopic (exact) mass is 276 g/mol. The van der Waals surface area contributed by atoms with Crippen LogP contribution in [0, 0.1) is 5.92 Å². The van der Waals surface area contributed by atoms with Crippen molar-refractivity contribution in [2.45, 2.75) is 74.1 Å². The van der Waals surface area contributed by atoms with Gasteiger partial charge in [0.15, 0.2) is 0 Å². The fraction of sp³-hybridized carbons (Fsp3) is 0.600. The van der Waals surface area contributed by atoms with Crippen molar-refractivity contribution in [2.75, 3.05) is 0 Å². The lowest BCUT2D eigenvalue weighted by molar-refractivity contribution is 0.493. The minimum Gasteiger partial charge on any atom is -0.0912 e. The molecule has 0 aliphatic carbocycles. The van der Waals surface area contributed by atoms with Crippen LogP contribution in [0.1, 0.15) is 74.1 Å². The third kappa shape index (κ3) is 7.53. The molecule has 1 unspecified atom stereocenters. The van der Waals surface area contributed by atoms with Crippen LogP contribution in [0.15, 0.2) is 47.6 Å². The standard InChI is InChI=1S/C19H32.CH4/c1-7-11-14-16(5)17(6)19(10-4)18(13-9-3)15-12-8-2;/h7,10-11,14,18H,6,8-9,12-13,15H2,1-5H3;1H4/b11-7-,16-14-,19-10+;. The smallest absolute Gasteiger partial charge is 0.0160 e. The highest BCUT2D eigenvalue weighted by atomic mass is 14.2. The molecule has 0 aromatic rings. The summed E-state index contributed by atoms with van der Waals surface area (Å²) < 4.78 is 0. The molecule has 0 radical (unpaired) electrons. The molecule has 0 bridgehead atoms. The van der Waals surface area contributed by atoms with E-state index >= 15 is 0 Å². The minimum atomic E-state index is 0. The van der Waals surface area contributed by atoms with Crippen molar-refractivity contribution < 1.29 is 0 Å². The zero-order chi connectivity index (χ0) is 14.7. The molecule has 0 N–H and O–H groups in total. The summed E-state index contributed by atoms with van der Waals surface area (Å²) >= 11 is 0. The number of hydrogen-bond acceptors (Lipinski definition) is 0. The Labute approximate surface area is 128 Å². The van der Waals surface area contributed by atoms with Gasteiger partial charge in [0, 0.05) is 0 Å². The molecule has 0 amide bonds. The summed E-state index contributed by atoms with van der Waals surface area (Å²) in [6.07, 6.45) is 15.0. The Hall–Kier alpha value is -1.04. The van der Waals surface area contributed by atoms with Gasteiger partial charge in [0.1, 0.15) is 0 Å². The lowest BCUT2D eigenvalue weighted by Crippen LogP contribution is -2.07. The molecule has 0 heteroatoms. The van der Waals surface area contributed by atoms with E-state index in [4.69, 9.17) is 0 Å². The van der Waals surface area contributed by atoms with Crippen LogP contribution < -0.4 is 0 Å². The molecular weight excluding hydrogens is 240 g/mol. The molecule has 20 heavy (non-hydrogen) atoms. The van der Waals surface area contributed by atoms with Crippen molar-refractivity contribution in [3.05, 3.63) is 47.6 Å². The van der Waals surface area contributed by atoms with E-state index in [9.17, 15) is 0 Å². The van der Waals surface area contributed by atoms with Crippen molar-refractivity contribution in [3.63, 3.8) is 0 Å². The van der Waals surface area contributed by atoms with Gasteiger partial charge in [-0.05, 0) is 56.3 Å². The summed E-state index contributed by atoms with van der Waals surface area (Å²) in [6, 6.07) is 0. The summed E-state index contributed by atoms with van der Waals surface area (Å²) in [5.74, 6) is 0.677. The van der Waals surface area contributed by atoms with E-state index in [-0.39, 0.29) is 7.43 Å². The van der Waals surface area contributed by atoms with Gasteiger partial charge in [-0.15, -0.1) is 0 Å². The Balaban J connectivity index is 0. The van der Waals surface area contributed by atoms with Crippen LogP contribution in [-0.2, 0) is 0 Å². The molecule has 0 fully saturated rings. The first-order valence-electron chi connectivity index (χ1n) is 7.77. The van der Waals surface area contributed by atoms with Gasteiger partial charge < -0.3 is 0 Å². The fourth-order valence-corrected chi connectivity index (χ4v) is 2.48. The molecule has 0 spiro atoms. The van der Waals surface area contributed by atoms with E-state index in [1.807, 2.05) is 6.92 Å². The maximum absolute atomic E-state index is 4.32. The van der Waals surface area contributed by atoms with Crippen molar-refractivity contribution in [1.29, 1.82) is 0 Å². The molecule has 1 atom stereocenters.